The molecule has 1 heterocycles. The van der Waals surface area contributed by atoms with E-state index in [9.17, 15) is 0 Å². The van der Waals surface area contributed by atoms with Crippen molar-refractivity contribution in [2.45, 2.75) is 0 Å². The summed E-state index contributed by atoms with van der Waals surface area (Å²) in [6.07, 6.45) is 1.78. The number of hydrogen-bond acceptors (Lipinski definition) is 1. The Balaban J connectivity index is 2.95. The van der Waals surface area contributed by atoms with E-state index in [0.717, 1.165) is 10.9 Å². The number of nitrogens with zero attached hydrogens (tertiary/aromatic N) is 1. The molecular weight excluding hydrogens is 112 g/mol. The summed E-state index contributed by atoms with van der Waals surface area (Å²) in [4.78, 5) is 0. The summed E-state index contributed by atoms with van der Waals surface area (Å²) in [5.41, 5.74) is 1.06. The lowest BCUT2D eigenvalue weighted by Crippen LogP contribution is -1.64. The van der Waals surface area contributed by atoms with Crippen LogP contribution in [0.5, 0.6) is 0 Å². The Morgan fingerprint density at radius 3 is 3.44 bits per heavy atom. The van der Waals surface area contributed by atoms with Gasteiger partial charge >= 0.3 is 0 Å². The van der Waals surface area contributed by atoms with Crippen LogP contribution in [0.3, 0.4) is 0 Å². The van der Waals surface area contributed by atoms with E-state index in [4.69, 9.17) is 0 Å². The van der Waals surface area contributed by atoms with Gasteiger partial charge in [-0.15, -0.1) is 0 Å². The molecule has 0 saturated heterocycles. The lowest BCUT2D eigenvalue weighted by atomic mass is 10.3. The number of aromatic nitrogens is 2. The van der Waals surface area contributed by atoms with E-state index < -0.39 is 0 Å². The van der Waals surface area contributed by atoms with Crippen LogP contribution in [0.4, 0.5) is 0 Å². The minimum absolute atomic E-state index is 1.06. The predicted molar refractivity (Wildman–Crippen MR) is 34.9 cm³/mol. The van der Waals surface area contributed by atoms with Crippen LogP contribution in [-0.2, 0) is 0 Å². The normalized spacial score (nSPS) is 10.2. The fourth-order valence-corrected chi connectivity index (χ4v) is 0.823. The first-order chi connectivity index (χ1) is 4.47. The van der Waals surface area contributed by atoms with Crippen molar-refractivity contribution in [3.63, 3.8) is 0 Å². The molecule has 9 heavy (non-hydrogen) atoms. The van der Waals surface area contributed by atoms with Gasteiger partial charge in [-0.2, -0.15) is 5.10 Å². The molecule has 0 bridgehead atoms. The van der Waals surface area contributed by atoms with Crippen molar-refractivity contribution in [2.75, 3.05) is 0 Å². The molecule has 1 N–H and O–H groups in total. The van der Waals surface area contributed by atoms with Gasteiger partial charge in [-0.3, -0.25) is 5.10 Å². The highest BCUT2D eigenvalue weighted by atomic mass is 15.1. The highest BCUT2D eigenvalue weighted by Gasteiger charge is 1.88. The third kappa shape index (κ3) is 0.598. The molecule has 1 aromatic carbocycles. The summed E-state index contributed by atoms with van der Waals surface area (Å²) in [5, 5.41) is 7.81. The van der Waals surface area contributed by atoms with Crippen molar-refractivity contribution < 1.29 is 0 Å². The molecule has 0 fully saturated rings. The van der Waals surface area contributed by atoms with Gasteiger partial charge in [0.15, 0.2) is 0 Å². The molecule has 0 amide bonds. The molecule has 0 aliphatic rings. The zero-order valence-electron chi connectivity index (χ0n) is 4.76. The number of benzene rings is 1. The number of rotatable bonds is 0. The molecule has 0 atom stereocenters. The molecular formula is C7H5N2. The molecule has 2 aromatic rings. The van der Waals surface area contributed by atoms with Crippen LogP contribution in [-0.4, -0.2) is 10.2 Å². The smallest absolute Gasteiger partial charge is 0.0650 e. The first-order valence-corrected chi connectivity index (χ1v) is 2.76. The number of nitrogens with one attached hydrogen (secondary N) is 1. The first-order valence-electron chi connectivity index (χ1n) is 2.76. The Kier molecular flexibility index (Phi) is 0.803. The molecule has 0 saturated carbocycles. The fraction of sp³-hybridized carbons (Fsp3) is 0. The number of fused-ring (bicyclic) bond motifs is 1. The van der Waals surface area contributed by atoms with Crippen molar-refractivity contribution in [1.82, 2.24) is 10.2 Å². The molecule has 0 spiro atoms. The second-order valence-corrected chi connectivity index (χ2v) is 1.88. The summed E-state index contributed by atoms with van der Waals surface area (Å²) in [6.45, 7) is 0. The van der Waals surface area contributed by atoms with Crippen molar-refractivity contribution in [3.05, 3.63) is 30.5 Å². The minimum Gasteiger partial charge on any atom is -0.278 e. The van der Waals surface area contributed by atoms with E-state index in [-0.39, 0.29) is 0 Å². The summed E-state index contributed by atoms with van der Waals surface area (Å²) in [6, 6.07) is 8.67. The number of H-pyrrole nitrogens is 1. The molecule has 2 rings (SSSR count). The van der Waals surface area contributed by atoms with Gasteiger partial charge in [0.1, 0.15) is 0 Å². The summed E-state index contributed by atoms with van der Waals surface area (Å²) in [7, 11) is 0. The van der Waals surface area contributed by atoms with Gasteiger partial charge < -0.3 is 0 Å². The van der Waals surface area contributed by atoms with Crippen molar-refractivity contribution in [2.24, 2.45) is 0 Å². The number of hydrogen-bond donors (Lipinski definition) is 1. The maximum Gasteiger partial charge on any atom is 0.0650 e. The Morgan fingerprint density at radius 2 is 2.56 bits per heavy atom. The van der Waals surface area contributed by atoms with E-state index in [2.05, 4.69) is 16.3 Å². The quantitative estimate of drug-likeness (QED) is 0.554. The zero-order chi connectivity index (χ0) is 6.10. The molecule has 2 heteroatoms. The Labute approximate surface area is 52.5 Å². The zero-order valence-corrected chi connectivity index (χ0v) is 4.76. The maximum atomic E-state index is 3.86. The third-order valence-corrected chi connectivity index (χ3v) is 1.28. The van der Waals surface area contributed by atoms with E-state index in [1.165, 1.54) is 0 Å². The van der Waals surface area contributed by atoms with E-state index in [0.29, 0.717) is 0 Å². The molecule has 0 aliphatic carbocycles. The van der Waals surface area contributed by atoms with Gasteiger partial charge in [0.25, 0.3) is 0 Å². The van der Waals surface area contributed by atoms with Crippen LogP contribution in [0.1, 0.15) is 0 Å². The van der Waals surface area contributed by atoms with E-state index >= 15 is 0 Å². The van der Waals surface area contributed by atoms with Crippen molar-refractivity contribution >= 4 is 10.9 Å². The van der Waals surface area contributed by atoms with E-state index in [1.54, 1.807) is 6.20 Å². The highest BCUT2D eigenvalue weighted by molar-refractivity contribution is 5.77. The molecule has 1 radical (unpaired) electrons. The largest absolute Gasteiger partial charge is 0.278 e. The van der Waals surface area contributed by atoms with Gasteiger partial charge in [-0.05, 0) is 18.2 Å². The standard InChI is InChI=1S/C7H5N2/c1-2-4-7-6(3-1)5-8-9-7/h2-5H,(H,8,9). The van der Waals surface area contributed by atoms with Gasteiger partial charge in [-0.25, -0.2) is 0 Å². The van der Waals surface area contributed by atoms with Crippen LogP contribution < -0.4 is 0 Å². The molecule has 0 unspecified atom stereocenters. The average Bonchev–Trinajstić information content (AvgIpc) is 2.33. The maximum absolute atomic E-state index is 3.86. The molecule has 2 nitrogen and oxygen atoms in total. The van der Waals surface area contributed by atoms with Gasteiger partial charge in [0.05, 0.1) is 11.7 Å². The lowest BCUT2D eigenvalue weighted by Gasteiger charge is -1.80. The van der Waals surface area contributed by atoms with Gasteiger partial charge in [0, 0.05) is 5.39 Å². The van der Waals surface area contributed by atoms with Crippen LogP contribution in [0.25, 0.3) is 10.9 Å². The van der Waals surface area contributed by atoms with Gasteiger partial charge in [-0.1, -0.05) is 6.07 Å². The van der Waals surface area contributed by atoms with E-state index in [1.807, 2.05) is 18.2 Å². The van der Waals surface area contributed by atoms with Crippen LogP contribution in [0, 0.1) is 6.07 Å². The second-order valence-electron chi connectivity index (χ2n) is 1.88. The van der Waals surface area contributed by atoms with Gasteiger partial charge in [0.2, 0.25) is 0 Å². The predicted octanol–water partition coefficient (Wildman–Crippen LogP) is 1.36. The Hall–Kier alpha value is -1.31. The minimum atomic E-state index is 1.06. The van der Waals surface area contributed by atoms with Crippen LogP contribution >= 0.6 is 0 Å². The van der Waals surface area contributed by atoms with Crippen molar-refractivity contribution in [1.29, 1.82) is 0 Å². The topological polar surface area (TPSA) is 28.7 Å². The second kappa shape index (κ2) is 1.58. The highest BCUT2D eigenvalue weighted by Crippen LogP contribution is 2.06. The molecule has 43 valence electrons. The van der Waals surface area contributed by atoms with Crippen molar-refractivity contribution in [3.8, 4) is 0 Å². The van der Waals surface area contributed by atoms with Crippen LogP contribution in [0.2, 0.25) is 0 Å². The summed E-state index contributed by atoms with van der Waals surface area (Å²) < 4.78 is 0. The average molecular weight is 117 g/mol. The molecule has 1 aromatic heterocycles. The lowest BCUT2D eigenvalue weighted by molar-refractivity contribution is 1.12. The summed E-state index contributed by atoms with van der Waals surface area (Å²) >= 11 is 0. The third-order valence-electron chi connectivity index (χ3n) is 1.28. The first kappa shape index (κ1) is 4.56. The molecule has 0 aliphatic heterocycles. The SMILES string of the molecule is [c]1ccc2[nH]ncc2c1. The van der Waals surface area contributed by atoms with Crippen LogP contribution in [0.15, 0.2) is 24.4 Å². The monoisotopic (exact) mass is 117 g/mol. The number of aromatic amines is 1. The Morgan fingerprint density at radius 1 is 1.56 bits per heavy atom. The summed E-state index contributed by atoms with van der Waals surface area (Å²) in [5.74, 6) is 0. The Bertz CT molecular complexity index is 281. The fourth-order valence-electron chi connectivity index (χ4n) is 0.823.